The maximum absolute atomic E-state index is 13.7. The molecule has 0 aliphatic heterocycles. The van der Waals surface area contributed by atoms with Crippen molar-refractivity contribution in [1.82, 2.24) is 5.43 Å². The van der Waals surface area contributed by atoms with Crippen molar-refractivity contribution in [3.63, 3.8) is 0 Å². The fraction of sp³-hybridized carbons (Fsp3) is 0.571. The maximum Gasteiger partial charge on any atom is 0.126 e. The first-order valence-electron chi connectivity index (χ1n) is 6.56. The molecule has 5 heteroatoms. The van der Waals surface area contributed by atoms with Crippen LogP contribution in [0.3, 0.4) is 0 Å². The third kappa shape index (κ3) is 2.94. The second-order valence-corrected chi connectivity index (χ2v) is 5.14. The Balaban J connectivity index is 2.21. The van der Waals surface area contributed by atoms with Crippen LogP contribution in [0, 0.1) is 11.6 Å². The van der Waals surface area contributed by atoms with Gasteiger partial charge in [-0.15, -0.1) is 0 Å². The van der Waals surface area contributed by atoms with Crippen LogP contribution in [0.25, 0.3) is 0 Å². The minimum absolute atomic E-state index is 0.226. The Morgan fingerprint density at radius 2 is 2.05 bits per heavy atom. The van der Waals surface area contributed by atoms with Crippen molar-refractivity contribution in [3.8, 4) is 0 Å². The molecule has 1 unspecified atom stereocenters. The van der Waals surface area contributed by atoms with Crippen LogP contribution in [0.15, 0.2) is 18.2 Å². The highest BCUT2D eigenvalue weighted by Gasteiger charge is 2.41. The Morgan fingerprint density at radius 3 is 2.63 bits per heavy atom. The first kappa shape index (κ1) is 14.4. The van der Waals surface area contributed by atoms with E-state index in [0.717, 1.165) is 37.8 Å². The molecule has 1 aromatic rings. The highest BCUT2D eigenvalue weighted by Crippen LogP contribution is 2.36. The van der Waals surface area contributed by atoms with Gasteiger partial charge in [0, 0.05) is 7.11 Å². The average Bonchev–Trinajstić information content (AvgIpc) is 2.89. The van der Waals surface area contributed by atoms with Gasteiger partial charge in [0.1, 0.15) is 11.6 Å². The SMILES string of the molecule is COC1(C(Cc2cc(F)ccc2F)NN)CCCC1. The number of hydrogen-bond acceptors (Lipinski definition) is 3. The number of benzene rings is 1. The van der Waals surface area contributed by atoms with Crippen LogP contribution in [0.4, 0.5) is 8.78 Å². The second-order valence-electron chi connectivity index (χ2n) is 5.14. The second kappa shape index (κ2) is 5.94. The maximum atomic E-state index is 13.7. The molecular weight excluding hydrogens is 250 g/mol. The Morgan fingerprint density at radius 1 is 1.37 bits per heavy atom. The molecule has 0 radical (unpaired) electrons. The quantitative estimate of drug-likeness (QED) is 0.637. The molecule has 0 heterocycles. The third-order valence-corrected chi connectivity index (χ3v) is 4.12. The van der Waals surface area contributed by atoms with Crippen LogP contribution < -0.4 is 11.3 Å². The van der Waals surface area contributed by atoms with Crippen molar-refractivity contribution in [2.24, 2.45) is 5.84 Å². The molecule has 0 amide bonds. The summed E-state index contributed by atoms with van der Waals surface area (Å²) in [4.78, 5) is 0. The molecule has 0 bridgehead atoms. The van der Waals surface area contributed by atoms with Crippen molar-refractivity contribution >= 4 is 0 Å². The van der Waals surface area contributed by atoms with Crippen LogP contribution in [0.2, 0.25) is 0 Å². The lowest BCUT2D eigenvalue weighted by Gasteiger charge is -2.36. The number of halogens is 2. The van der Waals surface area contributed by atoms with Crippen LogP contribution in [0.1, 0.15) is 31.2 Å². The van der Waals surface area contributed by atoms with Crippen molar-refractivity contribution in [1.29, 1.82) is 0 Å². The number of methoxy groups -OCH3 is 1. The van der Waals surface area contributed by atoms with E-state index in [-0.39, 0.29) is 11.6 Å². The number of nitrogens with two attached hydrogens (primary N) is 1. The summed E-state index contributed by atoms with van der Waals surface area (Å²) in [6.45, 7) is 0. The summed E-state index contributed by atoms with van der Waals surface area (Å²) in [5, 5.41) is 0. The smallest absolute Gasteiger partial charge is 0.126 e. The van der Waals surface area contributed by atoms with E-state index in [9.17, 15) is 8.78 Å². The predicted molar refractivity (Wildman–Crippen MR) is 69.4 cm³/mol. The Kier molecular flexibility index (Phi) is 4.50. The number of ether oxygens (including phenoxy) is 1. The fourth-order valence-electron chi connectivity index (χ4n) is 2.98. The fourth-order valence-corrected chi connectivity index (χ4v) is 2.98. The first-order chi connectivity index (χ1) is 9.11. The molecule has 1 atom stereocenters. The standard InChI is InChI=1S/C14H20F2N2O/c1-19-14(6-2-3-7-14)13(18-17)9-10-8-11(15)4-5-12(10)16/h4-5,8,13,18H,2-3,6-7,9,17H2,1H3. The van der Waals surface area contributed by atoms with Crippen molar-refractivity contribution < 1.29 is 13.5 Å². The largest absolute Gasteiger partial charge is 0.377 e. The van der Waals surface area contributed by atoms with E-state index in [1.54, 1.807) is 7.11 Å². The van der Waals surface area contributed by atoms with Gasteiger partial charge in [-0.1, -0.05) is 12.8 Å². The molecule has 1 saturated carbocycles. The van der Waals surface area contributed by atoms with E-state index in [2.05, 4.69) is 5.43 Å². The highest BCUT2D eigenvalue weighted by atomic mass is 19.1. The number of nitrogens with one attached hydrogen (secondary N) is 1. The zero-order valence-corrected chi connectivity index (χ0v) is 11.1. The molecule has 1 fully saturated rings. The van der Waals surface area contributed by atoms with E-state index in [4.69, 9.17) is 10.6 Å². The predicted octanol–water partition coefficient (Wildman–Crippen LogP) is 2.30. The topological polar surface area (TPSA) is 47.3 Å². The van der Waals surface area contributed by atoms with Gasteiger partial charge in [-0.25, -0.2) is 8.78 Å². The van der Waals surface area contributed by atoms with Gasteiger partial charge >= 0.3 is 0 Å². The summed E-state index contributed by atoms with van der Waals surface area (Å²) in [7, 11) is 1.65. The highest BCUT2D eigenvalue weighted by molar-refractivity contribution is 5.21. The van der Waals surface area contributed by atoms with E-state index >= 15 is 0 Å². The summed E-state index contributed by atoms with van der Waals surface area (Å²) in [5.41, 5.74) is 2.66. The molecule has 0 aromatic heterocycles. The molecule has 19 heavy (non-hydrogen) atoms. The van der Waals surface area contributed by atoms with Gasteiger partial charge in [0.2, 0.25) is 0 Å². The third-order valence-electron chi connectivity index (χ3n) is 4.12. The molecule has 2 rings (SSSR count). The van der Waals surface area contributed by atoms with E-state index < -0.39 is 11.6 Å². The molecule has 0 saturated heterocycles. The first-order valence-corrected chi connectivity index (χ1v) is 6.56. The van der Waals surface area contributed by atoms with E-state index in [1.165, 1.54) is 6.07 Å². The van der Waals surface area contributed by atoms with Gasteiger partial charge in [0.15, 0.2) is 0 Å². The van der Waals surface area contributed by atoms with Crippen LogP contribution >= 0.6 is 0 Å². The minimum atomic E-state index is -0.440. The molecule has 0 spiro atoms. The summed E-state index contributed by atoms with van der Waals surface area (Å²) >= 11 is 0. The lowest BCUT2D eigenvalue weighted by Crippen LogP contribution is -2.54. The summed E-state index contributed by atoms with van der Waals surface area (Å²) in [5.74, 6) is 4.75. The number of rotatable bonds is 5. The molecule has 1 aromatic carbocycles. The Bertz CT molecular complexity index is 433. The number of hydrogen-bond donors (Lipinski definition) is 2. The monoisotopic (exact) mass is 270 g/mol. The molecule has 3 N–H and O–H groups in total. The molecular formula is C14H20F2N2O. The molecule has 106 valence electrons. The van der Waals surface area contributed by atoms with E-state index in [0.29, 0.717) is 12.0 Å². The van der Waals surface area contributed by atoms with Crippen LogP contribution in [0.5, 0.6) is 0 Å². The zero-order chi connectivity index (χ0) is 13.9. The molecule has 3 nitrogen and oxygen atoms in total. The minimum Gasteiger partial charge on any atom is -0.377 e. The van der Waals surface area contributed by atoms with Gasteiger partial charge in [-0.05, 0) is 43.0 Å². The zero-order valence-electron chi connectivity index (χ0n) is 11.1. The Labute approximate surface area is 112 Å². The van der Waals surface area contributed by atoms with Gasteiger partial charge in [0.25, 0.3) is 0 Å². The van der Waals surface area contributed by atoms with Crippen molar-refractivity contribution in [3.05, 3.63) is 35.4 Å². The summed E-state index contributed by atoms with van der Waals surface area (Å²) in [6, 6.07) is 3.26. The van der Waals surface area contributed by atoms with E-state index in [1.807, 2.05) is 0 Å². The van der Waals surface area contributed by atoms with Gasteiger partial charge < -0.3 is 4.74 Å². The van der Waals surface area contributed by atoms with Crippen molar-refractivity contribution in [2.45, 2.75) is 43.7 Å². The van der Waals surface area contributed by atoms with Crippen LogP contribution in [-0.4, -0.2) is 18.8 Å². The lowest BCUT2D eigenvalue weighted by atomic mass is 9.87. The molecule has 1 aliphatic rings. The summed E-state index contributed by atoms with van der Waals surface area (Å²) in [6.07, 6.45) is 4.22. The van der Waals surface area contributed by atoms with Crippen LogP contribution in [-0.2, 0) is 11.2 Å². The van der Waals surface area contributed by atoms with Gasteiger partial charge in [0.05, 0.1) is 11.6 Å². The summed E-state index contributed by atoms with van der Waals surface area (Å²) < 4.78 is 32.5. The normalized spacial score (nSPS) is 19.6. The van der Waals surface area contributed by atoms with Gasteiger partial charge in [-0.2, -0.15) is 0 Å². The lowest BCUT2D eigenvalue weighted by molar-refractivity contribution is -0.0357. The van der Waals surface area contributed by atoms with Gasteiger partial charge in [-0.3, -0.25) is 11.3 Å². The number of hydrazine groups is 1. The average molecular weight is 270 g/mol. The Hall–Kier alpha value is -1.04. The van der Waals surface area contributed by atoms with Crippen molar-refractivity contribution in [2.75, 3.05) is 7.11 Å². The molecule has 1 aliphatic carbocycles.